The molecule has 1 aromatic carbocycles. The lowest BCUT2D eigenvalue weighted by Gasteiger charge is -2.34. The average Bonchev–Trinajstić information content (AvgIpc) is 2.81. The van der Waals surface area contributed by atoms with Gasteiger partial charge in [0.1, 0.15) is 13.2 Å². The minimum atomic E-state index is -0.574. The van der Waals surface area contributed by atoms with Gasteiger partial charge in [-0.25, -0.2) is 14.8 Å². The number of ether oxygens (including phenoxy) is 3. The summed E-state index contributed by atoms with van der Waals surface area (Å²) in [5, 5.41) is 0. The first kappa shape index (κ1) is 19.7. The van der Waals surface area contributed by atoms with Crippen molar-refractivity contribution in [1.29, 1.82) is 0 Å². The number of rotatable bonds is 5. The number of esters is 1. The summed E-state index contributed by atoms with van der Waals surface area (Å²) >= 11 is 0. The van der Waals surface area contributed by atoms with Crippen LogP contribution in [0.25, 0.3) is 6.08 Å². The van der Waals surface area contributed by atoms with E-state index < -0.39 is 5.97 Å². The molecule has 3 heterocycles. The molecule has 2 aliphatic rings. The summed E-state index contributed by atoms with van der Waals surface area (Å²) in [5.41, 5.74) is 0.779. The molecule has 1 saturated heterocycles. The molecule has 0 aliphatic carbocycles. The molecular weight excluding hydrogens is 388 g/mol. The third-order valence-electron chi connectivity index (χ3n) is 4.78. The molecule has 0 spiro atoms. The molecule has 1 fully saturated rings. The van der Waals surface area contributed by atoms with E-state index in [0.29, 0.717) is 56.8 Å². The maximum atomic E-state index is 12.3. The van der Waals surface area contributed by atoms with Crippen molar-refractivity contribution in [3.8, 4) is 11.5 Å². The van der Waals surface area contributed by atoms with Crippen LogP contribution in [-0.2, 0) is 14.3 Å². The molecule has 0 N–H and O–H groups in total. The summed E-state index contributed by atoms with van der Waals surface area (Å²) in [7, 11) is 0. The highest BCUT2D eigenvalue weighted by Crippen LogP contribution is 2.31. The molecule has 0 bridgehead atoms. The van der Waals surface area contributed by atoms with Gasteiger partial charge in [-0.05, 0) is 29.8 Å². The van der Waals surface area contributed by atoms with E-state index in [-0.39, 0.29) is 12.5 Å². The number of hydrogen-bond donors (Lipinski definition) is 0. The van der Waals surface area contributed by atoms with Gasteiger partial charge in [-0.1, -0.05) is 6.07 Å². The Bertz CT molecular complexity index is 926. The minimum absolute atomic E-state index is 0.218. The molecule has 4 rings (SSSR count). The van der Waals surface area contributed by atoms with Crippen LogP contribution < -0.4 is 14.4 Å². The van der Waals surface area contributed by atoms with Crippen molar-refractivity contribution in [3.63, 3.8) is 0 Å². The van der Waals surface area contributed by atoms with Gasteiger partial charge in [-0.15, -0.1) is 0 Å². The fourth-order valence-electron chi connectivity index (χ4n) is 3.21. The summed E-state index contributed by atoms with van der Waals surface area (Å²) in [4.78, 5) is 36.4. The van der Waals surface area contributed by atoms with E-state index in [9.17, 15) is 9.59 Å². The van der Waals surface area contributed by atoms with Gasteiger partial charge in [0.2, 0.25) is 5.95 Å². The lowest BCUT2D eigenvalue weighted by molar-refractivity contribution is -0.148. The lowest BCUT2D eigenvalue weighted by atomic mass is 10.2. The summed E-state index contributed by atoms with van der Waals surface area (Å²) in [6.07, 6.45) is 6.29. The Morgan fingerprint density at radius 1 is 1.03 bits per heavy atom. The number of benzene rings is 1. The fraction of sp³-hybridized carbons (Fsp3) is 0.333. The average molecular weight is 410 g/mol. The largest absolute Gasteiger partial charge is 0.486 e. The SMILES string of the molecule is O=C(/C=C/c1ccc2c(c1)OCCO2)OCC(=O)N1CCN(c2ncccn2)CC1. The van der Waals surface area contributed by atoms with E-state index in [2.05, 4.69) is 9.97 Å². The van der Waals surface area contributed by atoms with Crippen molar-refractivity contribution in [3.05, 3.63) is 48.3 Å². The van der Waals surface area contributed by atoms with E-state index in [1.807, 2.05) is 11.0 Å². The van der Waals surface area contributed by atoms with Gasteiger partial charge in [-0.2, -0.15) is 0 Å². The molecule has 0 radical (unpaired) electrons. The maximum Gasteiger partial charge on any atom is 0.331 e. The molecule has 30 heavy (non-hydrogen) atoms. The predicted octanol–water partition coefficient (Wildman–Crippen LogP) is 1.15. The monoisotopic (exact) mass is 410 g/mol. The predicted molar refractivity (Wildman–Crippen MR) is 108 cm³/mol. The molecule has 2 aromatic rings. The molecular formula is C21H22N4O5. The van der Waals surface area contributed by atoms with Crippen LogP contribution in [0, 0.1) is 0 Å². The van der Waals surface area contributed by atoms with Gasteiger partial charge in [-0.3, -0.25) is 4.79 Å². The van der Waals surface area contributed by atoms with Gasteiger partial charge < -0.3 is 24.0 Å². The topological polar surface area (TPSA) is 94.1 Å². The third-order valence-corrected chi connectivity index (χ3v) is 4.78. The molecule has 9 nitrogen and oxygen atoms in total. The van der Waals surface area contributed by atoms with E-state index in [1.165, 1.54) is 6.08 Å². The highest BCUT2D eigenvalue weighted by Gasteiger charge is 2.23. The normalized spacial score (nSPS) is 15.9. The summed E-state index contributed by atoms with van der Waals surface area (Å²) in [5.74, 6) is 1.19. The second-order valence-corrected chi connectivity index (χ2v) is 6.76. The molecule has 156 valence electrons. The number of fused-ring (bicyclic) bond motifs is 1. The Morgan fingerprint density at radius 2 is 1.77 bits per heavy atom. The van der Waals surface area contributed by atoms with Crippen molar-refractivity contribution in [1.82, 2.24) is 14.9 Å². The van der Waals surface area contributed by atoms with Gasteiger partial charge in [0.15, 0.2) is 18.1 Å². The van der Waals surface area contributed by atoms with Crippen LogP contribution in [0.2, 0.25) is 0 Å². The number of carbonyl (C=O) groups is 2. The first-order valence-corrected chi connectivity index (χ1v) is 9.73. The molecule has 2 aliphatic heterocycles. The van der Waals surface area contributed by atoms with Crippen LogP contribution in [0.3, 0.4) is 0 Å². The molecule has 1 aromatic heterocycles. The molecule has 9 heteroatoms. The quantitative estimate of drug-likeness (QED) is 0.535. The number of anilines is 1. The summed E-state index contributed by atoms with van der Waals surface area (Å²) < 4.78 is 16.1. The second kappa shape index (κ2) is 9.25. The first-order valence-electron chi connectivity index (χ1n) is 9.73. The van der Waals surface area contributed by atoms with Gasteiger partial charge in [0, 0.05) is 44.6 Å². The van der Waals surface area contributed by atoms with Crippen molar-refractivity contribution >= 4 is 23.9 Å². The van der Waals surface area contributed by atoms with Crippen LogP contribution in [-0.4, -0.2) is 72.7 Å². The Kier molecular flexibility index (Phi) is 6.07. The van der Waals surface area contributed by atoms with Crippen LogP contribution in [0.5, 0.6) is 11.5 Å². The fourth-order valence-corrected chi connectivity index (χ4v) is 3.21. The smallest absolute Gasteiger partial charge is 0.331 e. The first-order chi connectivity index (χ1) is 14.7. The van der Waals surface area contributed by atoms with Crippen LogP contribution in [0.1, 0.15) is 5.56 Å². The number of piperazine rings is 1. The van der Waals surface area contributed by atoms with E-state index in [0.717, 1.165) is 5.56 Å². The van der Waals surface area contributed by atoms with E-state index in [1.54, 1.807) is 41.6 Å². The standard InChI is InChI=1S/C21H22N4O5/c26-19(24-8-10-25(11-9-24)21-22-6-1-7-23-21)15-30-20(27)5-3-16-2-4-17-18(14-16)29-13-12-28-17/h1-7,14H,8-13,15H2/b5-3+. The number of amides is 1. The second-order valence-electron chi connectivity index (χ2n) is 6.76. The number of aromatic nitrogens is 2. The van der Waals surface area contributed by atoms with E-state index in [4.69, 9.17) is 14.2 Å². The third kappa shape index (κ3) is 4.86. The highest BCUT2D eigenvalue weighted by atomic mass is 16.6. The summed E-state index contributed by atoms with van der Waals surface area (Å²) in [6.45, 7) is 3.06. The Hall–Kier alpha value is -3.62. The van der Waals surface area contributed by atoms with Crippen molar-refractivity contribution in [2.24, 2.45) is 0 Å². The summed E-state index contributed by atoms with van der Waals surface area (Å²) in [6, 6.07) is 7.17. The molecule has 0 atom stereocenters. The number of carbonyl (C=O) groups excluding carboxylic acids is 2. The number of nitrogens with zero attached hydrogens (tertiary/aromatic N) is 4. The Labute approximate surface area is 173 Å². The molecule has 0 unspecified atom stereocenters. The van der Waals surface area contributed by atoms with Gasteiger partial charge in [0.25, 0.3) is 5.91 Å². The van der Waals surface area contributed by atoms with E-state index >= 15 is 0 Å². The lowest BCUT2D eigenvalue weighted by Crippen LogP contribution is -2.50. The zero-order valence-electron chi connectivity index (χ0n) is 16.4. The van der Waals surface area contributed by atoms with Gasteiger partial charge >= 0.3 is 5.97 Å². The molecule has 1 amide bonds. The zero-order valence-corrected chi connectivity index (χ0v) is 16.4. The minimum Gasteiger partial charge on any atom is -0.486 e. The Morgan fingerprint density at radius 3 is 2.53 bits per heavy atom. The van der Waals surface area contributed by atoms with Crippen LogP contribution >= 0.6 is 0 Å². The Balaban J connectivity index is 1.22. The van der Waals surface area contributed by atoms with Crippen LogP contribution in [0.4, 0.5) is 5.95 Å². The van der Waals surface area contributed by atoms with Crippen LogP contribution in [0.15, 0.2) is 42.7 Å². The van der Waals surface area contributed by atoms with Gasteiger partial charge in [0.05, 0.1) is 0 Å². The van der Waals surface area contributed by atoms with Crippen molar-refractivity contribution in [2.45, 2.75) is 0 Å². The zero-order chi connectivity index (χ0) is 20.8. The number of hydrogen-bond acceptors (Lipinski definition) is 8. The van der Waals surface area contributed by atoms with Crippen molar-refractivity contribution < 1.29 is 23.8 Å². The molecule has 0 saturated carbocycles. The maximum absolute atomic E-state index is 12.3. The highest BCUT2D eigenvalue weighted by molar-refractivity contribution is 5.89. The van der Waals surface area contributed by atoms with Crippen molar-refractivity contribution in [2.75, 3.05) is 50.9 Å².